The van der Waals surface area contributed by atoms with Gasteiger partial charge in [-0.1, -0.05) is 19.9 Å². The van der Waals surface area contributed by atoms with Crippen molar-refractivity contribution in [1.82, 2.24) is 5.32 Å². The monoisotopic (exact) mass is 291 g/mol. The van der Waals surface area contributed by atoms with Gasteiger partial charge in [-0.2, -0.15) is 0 Å². The van der Waals surface area contributed by atoms with Gasteiger partial charge in [0.25, 0.3) is 0 Å². The Balaban J connectivity index is 2.02. The lowest BCUT2D eigenvalue weighted by atomic mass is 9.92. The third-order valence-electron chi connectivity index (χ3n) is 4.98. The number of rotatable bonds is 8. The highest BCUT2D eigenvalue weighted by Gasteiger charge is 2.44. The largest absolute Gasteiger partial charge is 0.496 e. The molecule has 2 rings (SSSR count). The summed E-state index contributed by atoms with van der Waals surface area (Å²) in [6.45, 7) is 8.60. The summed E-state index contributed by atoms with van der Waals surface area (Å²) in [6, 6.07) is 6.72. The Hall–Kier alpha value is -1.06. The highest BCUT2D eigenvalue weighted by molar-refractivity contribution is 5.38. The van der Waals surface area contributed by atoms with Gasteiger partial charge in [-0.25, -0.2) is 0 Å². The summed E-state index contributed by atoms with van der Waals surface area (Å²) in [7, 11) is 3.42. The quantitative estimate of drug-likeness (QED) is 0.787. The summed E-state index contributed by atoms with van der Waals surface area (Å²) >= 11 is 0. The summed E-state index contributed by atoms with van der Waals surface area (Å²) in [5.74, 6) is 1.66. The van der Waals surface area contributed by atoms with Gasteiger partial charge in [0.2, 0.25) is 0 Å². The van der Waals surface area contributed by atoms with Gasteiger partial charge in [0.15, 0.2) is 0 Å². The van der Waals surface area contributed by atoms with Gasteiger partial charge in [0, 0.05) is 25.3 Å². The van der Waals surface area contributed by atoms with Crippen LogP contribution in [0.25, 0.3) is 0 Å². The SMILES string of the molecule is COCc1cc(C(C)NCC2(C(C)C)CC2)ccc1OC. The Morgan fingerprint density at radius 1 is 1.19 bits per heavy atom. The van der Waals surface area contributed by atoms with E-state index in [0.717, 1.165) is 23.8 Å². The second-order valence-corrected chi connectivity index (χ2v) is 6.62. The minimum Gasteiger partial charge on any atom is -0.496 e. The third-order valence-corrected chi connectivity index (χ3v) is 4.98. The molecule has 1 unspecified atom stereocenters. The molecule has 3 nitrogen and oxygen atoms in total. The van der Waals surface area contributed by atoms with Gasteiger partial charge in [-0.3, -0.25) is 0 Å². The second-order valence-electron chi connectivity index (χ2n) is 6.62. The van der Waals surface area contributed by atoms with Crippen LogP contribution in [0.5, 0.6) is 5.75 Å². The van der Waals surface area contributed by atoms with Crippen LogP contribution >= 0.6 is 0 Å². The first-order valence-electron chi connectivity index (χ1n) is 7.91. The van der Waals surface area contributed by atoms with Crippen LogP contribution in [-0.2, 0) is 11.3 Å². The Morgan fingerprint density at radius 3 is 2.43 bits per heavy atom. The van der Waals surface area contributed by atoms with Crippen LogP contribution in [0, 0.1) is 11.3 Å². The molecule has 0 amide bonds. The Bertz CT molecular complexity index is 466. The zero-order chi connectivity index (χ0) is 15.5. The molecule has 1 aromatic rings. The zero-order valence-electron chi connectivity index (χ0n) is 14.0. The van der Waals surface area contributed by atoms with Crippen LogP contribution < -0.4 is 10.1 Å². The Morgan fingerprint density at radius 2 is 1.90 bits per heavy atom. The first-order chi connectivity index (χ1) is 10.0. The van der Waals surface area contributed by atoms with Crippen LogP contribution in [0.15, 0.2) is 18.2 Å². The Kier molecular flexibility index (Phi) is 5.28. The van der Waals surface area contributed by atoms with Gasteiger partial charge in [-0.05, 0) is 48.8 Å². The van der Waals surface area contributed by atoms with Crippen molar-refractivity contribution < 1.29 is 9.47 Å². The lowest BCUT2D eigenvalue weighted by Crippen LogP contribution is -2.29. The molecule has 0 aliphatic heterocycles. The molecular weight excluding hydrogens is 262 g/mol. The predicted molar refractivity (Wildman–Crippen MR) is 86.6 cm³/mol. The highest BCUT2D eigenvalue weighted by atomic mass is 16.5. The molecule has 0 radical (unpaired) electrons. The highest BCUT2D eigenvalue weighted by Crippen LogP contribution is 2.51. The fourth-order valence-corrected chi connectivity index (χ4v) is 2.93. The lowest BCUT2D eigenvalue weighted by molar-refractivity contribution is 0.181. The van der Waals surface area contributed by atoms with Crippen LogP contribution in [-0.4, -0.2) is 20.8 Å². The molecule has 1 N–H and O–H groups in total. The van der Waals surface area contributed by atoms with Gasteiger partial charge >= 0.3 is 0 Å². The minimum atomic E-state index is 0.350. The maximum absolute atomic E-state index is 5.39. The van der Waals surface area contributed by atoms with E-state index >= 15 is 0 Å². The van der Waals surface area contributed by atoms with E-state index in [9.17, 15) is 0 Å². The number of ether oxygens (including phenoxy) is 2. The fourth-order valence-electron chi connectivity index (χ4n) is 2.93. The van der Waals surface area contributed by atoms with Crippen molar-refractivity contribution in [1.29, 1.82) is 0 Å². The lowest BCUT2D eigenvalue weighted by Gasteiger charge is -2.24. The molecule has 1 atom stereocenters. The molecule has 1 aromatic carbocycles. The van der Waals surface area contributed by atoms with E-state index in [1.54, 1.807) is 14.2 Å². The molecule has 1 fully saturated rings. The van der Waals surface area contributed by atoms with Crippen molar-refractivity contribution >= 4 is 0 Å². The normalized spacial score (nSPS) is 17.8. The molecule has 0 aromatic heterocycles. The smallest absolute Gasteiger partial charge is 0.124 e. The maximum atomic E-state index is 5.39. The molecule has 1 aliphatic carbocycles. The molecule has 1 saturated carbocycles. The molecule has 118 valence electrons. The van der Waals surface area contributed by atoms with Gasteiger partial charge in [0.05, 0.1) is 13.7 Å². The fraction of sp³-hybridized carbons (Fsp3) is 0.667. The zero-order valence-corrected chi connectivity index (χ0v) is 14.0. The topological polar surface area (TPSA) is 30.5 Å². The summed E-state index contributed by atoms with van der Waals surface area (Å²) in [6.07, 6.45) is 2.73. The number of benzene rings is 1. The average molecular weight is 291 g/mol. The van der Waals surface area contributed by atoms with Gasteiger partial charge < -0.3 is 14.8 Å². The number of nitrogens with one attached hydrogen (secondary N) is 1. The van der Waals surface area contributed by atoms with Gasteiger partial charge in [-0.15, -0.1) is 0 Å². The second kappa shape index (κ2) is 6.80. The Labute approximate surface area is 129 Å². The summed E-state index contributed by atoms with van der Waals surface area (Å²) in [5, 5.41) is 3.71. The average Bonchev–Trinajstić information content (AvgIpc) is 3.26. The molecule has 3 heteroatoms. The van der Waals surface area contributed by atoms with E-state index in [0.29, 0.717) is 18.1 Å². The minimum absolute atomic E-state index is 0.350. The standard InChI is InChI=1S/C18H29NO2/c1-13(2)18(8-9-18)12-19-14(3)15-6-7-17(21-5)16(10-15)11-20-4/h6-7,10,13-14,19H,8-9,11-12H2,1-5H3. The molecule has 0 heterocycles. The maximum Gasteiger partial charge on any atom is 0.124 e. The van der Waals surface area contributed by atoms with Crippen LogP contribution in [0.2, 0.25) is 0 Å². The van der Waals surface area contributed by atoms with E-state index in [1.807, 2.05) is 6.07 Å². The number of hydrogen-bond donors (Lipinski definition) is 1. The molecule has 1 aliphatic rings. The van der Waals surface area contributed by atoms with Crippen molar-refractivity contribution in [3.05, 3.63) is 29.3 Å². The molecule has 0 bridgehead atoms. The predicted octanol–water partition coefficient (Wildman–Crippen LogP) is 3.93. The number of hydrogen-bond acceptors (Lipinski definition) is 3. The van der Waals surface area contributed by atoms with E-state index < -0.39 is 0 Å². The first-order valence-corrected chi connectivity index (χ1v) is 7.91. The van der Waals surface area contributed by atoms with E-state index in [-0.39, 0.29) is 0 Å². The molecular formula is C18H29NO2. The van der Waals surface area contributed by atoms with E-state index in [2.05, 4.69) is 38.2 Å². The van der Waals surface area contributed by atoms with E-state index in [1.165, 1.54) is 18.4 Å². The van der Waals surface area contributed by atoms with Crippen molar-refractivity contribution in [3.8, 4) is 5.75 Å². The van der Waals surface area contributed by atoms with Crippen LogP contribution in [0.1, 0.15) is 50.8 Å². The molecule has 21 heavy (non-hydrogen) atoms. The van der Waals surface area contributed by atoms with E-state index in [4.69, 9.17) is 9.47 Å². The first kappa shape index (κ1) is 16.3. The van der Waals surface area contributed by atoms with Crippen molar-refractivity contribution in [2.45, 2.75) is 46.3 Å². The van der Waals surface area contributed by atoms with Crippen molar-refractivity contribution in [2.75, 3.05) is 20.8 Å². The number of methoxy groups -OCH3 is 2. The van der Waals surface area contributed by atoms with Crippen molar-refractivity contribution in [3.63, 3.8) is 0 Å². The summed E-state index contributed by atoms with van der Waals surface area (Å²) in [5.41, 5.74) is 2.94. The van der Waals surface area contributed by atoms with Crippen LogP contribution in [0.4, 0.5) is 0 Å². The third kappa shape index (κ3) is 3.78. The summed E-state index contributed by atoms with van der Waals surface area (Å²) < 4.78 is 10.6. The van der Waals surface area contributed by atoms with Crippen molar-refractivity contribution in [2.24, 2.45) is 11.3 Å². The molecule has 0 saturated heterocycles. The van der Waals surface area contributed by atoms with Crippen LogP contribution in [0.3, 0.4) is 0 Å². The molecule has 0 spiro atoms. The van der Waals surface area contributed by atoms with Gasteiger partial charge in [0.1, 0.15) is 5.75 Å². The summed E-state index contributed by atoms with van der Waals surface area (Å²) in [4.78, 5) is 0.